The molecule has 1 saturated heterocycles. The van der Waals surface area contributed by atoms with Gasteiger partial charge in [0.15, 0.2) is 5.96 Å². The van der Waals surface area contributed by atoms with Crippen molar-refractivity contribution < 1.29 is 4.74 Å². The fraction of sp³-hybridized carbons (Fsp3) is 0.565. The first-order chi connectivity index (χ1) is 14.7. The number of ether oxygens (including phenoxy) is 1. The second kappa shape index (κ2) is 13.0. The number of aryl methyl sites for hydroxylation is 1. The molecular formula is C23H37IN6O. The number of morpholine rings is 1. The van der Waals surface area contributed by atoms with Crippen LogP contribution >= 0.6 is 24.0 Å². The van der Waals surface area contributed by atoms with E-state index in [9.17, 15) is 0 Å². The van der Waals surface area contributed by atoms with Crippen molar-refractivity contribution in [2.45, 2.75) is 32.9 Å². The maximum absolute atomic E-state index is 6.02. The Labute approximate surface area is 203 Å². The zero-order chi connectivity index (χ0) is 21.3. The number of likely N-dealkylation sites (N-methyl/N-ethyl adjacent to an activating group) is 1. The zero-order valence-electron chi connectivity index (χ0n) is 19.2. The van der Waals surface area contributed by atoms with Crippen LogP contribution in [0.1, 0.15) is 44.0 Å². The predicted molar refractivity (Wildman–Crippen MR) is 137 cm³/mol. The number of nitrogens with one attached hydrogen (secondary N) is 1. The lowest BCUT2D eigenvalue weighted by atomic mass is 10.1. The summed E-state index contributed by atoms with van der Waals surface area (Å²) in [5.74, 6) is 0.961. The standard InChI is InChI=1S/C23H36N6O.HI/c1-5-24-23(29-13-14-30-22(18-29)20-15-26-27(4)17-20)25-16-21(28(6-2)7-3)19-11-9-8-10-12-19;/h8-12,15,17,21-22H,5-7,13-14,16,18H2,1-4H3,(H,24,25);1H. The highest BCUT2D eigenvalue weighted by molar-refractivity contribution is 14.0. The van der Waals surface area contributed by atoms with Gasteiger partial charge in [0.25, 0.3) is 0 Å². The second-order valence-electron chi connectivity index (χ2n) is 7.60. The highest BCUT2D eigenvalue weighted by atomic mass is 127. The summed E-state index contributed by atoms with van der Waals surface area (Å²) in [6.07, 6.45) is 3.94. The van der Waals surface area contributed by atoms with Gasteiger partial charge < -0.3 is 15.0 Å². The van der Waals surface area contributed by atoms with E-state index < -0.39 is 0 Å². The van der Waals surface area contributed by atoms with Gasteiger partial charge in [0.2, 0.25) is 0 Å². The number of benzene rings is 1. The van der Waals surface area contributed by atoms with Gasteiger partial charge in [0.05, 0.1) is 31.9 Å². The van der Waals surface area contributed by atoms with E-state index in [4.69, 9.17) is 9.73 Å². The topological polar surface area (TPSA) is 57.9 Å². The zero-order valence-corrected chi connectivity index (χ0v) is 21.5. The Morgan fingerprint density at radius 3 is 2.61 bits per heavy atom. The van der Waals surface area contributed by atoms with Gasteiger partial charge in [-0.3, -0.25) is 14.6 Å². The number of nitrogens with zero attached hydrogens (tertiary/aromatic N) is 5. The Hall–Kier alpha value is -1.65. The van der Waals surface area contributed by atoms with Crippen molar-refractivity contribution in [3.63, 3.8) is 0 Å². The second-order valence-corrected chi connectivity index (χ2v) is 7.60. The molecule has 2 unspecified atom stereocenters. The van der Waals surface area contributed by atoms with Crippen LogP contribution in [0.15, 0.2) is 47.7 Å². The molecule has 0 bridgehead atoms. The lowest BCUT2D eigenvalue weighted by Crippen LogP contribution is -2.48. The van der Waals surface area contributed by atoms with Crippen LogP contribution < -0.4 is 5.32 Å². The molecule has 1 aromatic carbocycles. The smallest absolute Gasteiger partial charge is 0.194 e. The molecular weight excluding hydrogens is 503 g/mol. The molecule has 2 atom stereocenters. The highest BCUT2D eigenvalue weighted by Gasteiger charge is 2.26. The summed E-state index contributed by atoms with van der Waals surface area (Å²) in [5.41, 5.74) is 2.43. The molecule has 31 heavy (non-hydrogen) atoms. The number of guanidine groups is 1. The van der Waals surface area contributed by atoms with Gasteiger partial charge in [-0.25, -0.2) is 0 Å². The van der Waals surface area contributed by atoms with Crippen molar-refractivity contribution in [3.8, 4) is 0 Å². The molecule has 2 heterocycles. The van der Waals surface area contributed by atoms with Crippen LogP contribution in [0.5, 0.6) is 0 Å². The van der Waals surface area contributed by atoms with Gasteiger partial charge in [-0.2, -0.15) is 5.10 Å². The first kappa shape index (κ1) is 25.6. The minimum Gasteiger partial charge on any atom is -0.370 e. The van der Waals surface area contributed by atoms with Gasteiger partial charge in [-0.1, -0.05) is 44.2 Å². The predicted octanol–water partition coefficient (Wildman–Crippen LogP) is 3.46. The molecule has 3 rings (SSSR count). The molecule has 7 nitrogen and oxygen atoms in total. The van der Waals surface area contributed by atoms with Gasteiger partial charge >= 0.3 is 0 Å². The molecule has 0 amide bonds. The number of halogens is 1. The maximum atomic E-state index is 6.02. The Morgan fingerprint density at radius 2 is 2.00 bits per heavy atom. The lowest BCUT2D eigenvalue weighted by Gasteiger charge is -2.35. The normalized spacial score (nSPS) is 18.0. The van der Waals surface area contributed by atoms with Crippen molar-refractivity contribution in [2.75, 3.05) is 45.9 Å². The number of rotatable bonds is 8. The first-order valence-corrected chi connectivity index (χ1v) is 11.1. The van der Waals surface area contributed by atoms with Gasteiger partial charge in [0, 0.05) is 31.9 Å². The van der Waals surface area contributed by atoms with E-state index in [0.29, 0.717) is 6.61 Å². The molecule has 1 fully saturated rings. The fourth-order valence-corrected chi connectivity index (χ4v) is 4.02. The van der Waals surface area contributed by atoms with Crippen LogP contribution in [-0.2, 0) is 11.8 Å². The Balaban J connectivity index is 0.00000341. The summed E-state index contributed by atoms with van der Waals surface area (Å²) < 4.78 is 7.84. The van der Waals surface area contributed by atoms with Crippen molar-refractivity contribution in [1.29, 1.82) is 0 Å². The highest BCUT2D eigenvalue weighted by Crippen LogP contribution is 2.23. The molecule has 172 valence electrons. The molecule has 0 aliphatic carbocycles. The monoisotopic (exact) mass is 540 g/mol. The lowest BCUT2D eigenvalue weighted by molar-refractivity contribution is -0.00808. The van der Waals surface area contributed by atoms with Crippen molar-refractivity contribution in [3.05, 3.63) is 53.9 Å². The quantitative estimate of drug-likeness (QED) is 0.316. The molecule has 1 aliphatic heterocycles. The van der Waals surface area contributed by atoms with Crippen molar-refractivity contribution >= 4 is 29.9 Å². The number of hydrogen-bond acceptors (Lipinski definition) is 4. The molecule has 1 aliphatic rings. The minimum absolute atomic E-state index is 0. The van der Waals surface area contributed by atoms with E-state index in [1.165, 1.54) is 5.56 Å². The molecule has 0 spiro atoms. The summed E-state index contributed by atoms with van der Waals surface area (Å²) in [4.78, 5) is 9.86. The van der Waals surface area contributed by atoms with Crippen LogP contribution in [0.25, 0.3) is 0 Å². The molecule has 1 N–H and O–H groups in total. The van der Waals surface area contributed by atoms with Crippen LogP contribution in [-0.4, -0.2) is 71.4 Å². The van der Waals surface area contributed by atoms with Gasteiger partial charge in [0.1, 0.15) is 6.10 Å². The summed E-state index contributed by atoms with van der Waals surface area (Å²) in [5, 5.41) is 7.79. The molecule has 8 heteroatoms. The largest absolute Gasteiger partial charge is 0.370 e. The summed E-state index contributed by atoms with van der Waals surface area (Å²) >= 11 is 0. The Bertz CT molecular complexity index is 792. The molecule has 2 aromatic rings. The molecule has 1 aromatic heterocycles. The number of aromatic nitrogens is 2. The fourth-order valence-electron chi connectivity index (χ4n) is 4.02. The molecule has 0 saturated carbocycles. The molecule has 0 radical (unpaired) electrons. The van der Waals surface area contributed by atoms with E-state index >= 15 is 0 Å². The van der Waals surface area contributed by atoms with E-state index in [1.807, 2.05) is 24.1 Å². The van der Waals surface area contributed by atoms with Gasteiger partial charge in [-0.05, 0) is 25.6 Å². The Kier molecular flexibility index (Phi) is 10.8. The SMILES string of the molecule is CCNC(=NCC(c1ccccc1)N(CC)CC)N1CCOC(c2cnn(C)c2)C1.I. The van der Waals surface area contributed by atoms with Crippen molar-refractivity contribution in [2.24, 2.45) is 12.0 Å². The third-order valence-corrected chi connectivity index (χ3v) is 5.65. The van der Waals surface area contributed by atoms with E-state index in [-0.39, 0.29) is 36.1 Å². The van der Waals surface area contributed by atoms with Crippen molar-refractivity contribution in [1.82, 2.24) is 24.9 Å². The third-order valence-electron chi connectivity index (χ3n) is 5.65. The van der Waals surface area contributed by atoms with E-state index in [2.05, 4.69) is 71.3 Å². The number of aliphatic imine (C=N–C) groups is 1. The average Bonchev–Trinajstić information content (AvgIpc) is 3.23. The average molecular weight is 540 g/mol. The first-order valence-electron chi connectivity index (χ1n) is 11.1. The van der Waals surface area contributed by atoms with E-state index in [0.717, 1.165) is 50.8 Å². The summed E-state index contributed by atoms with van der Waals surface area (Å²) in [6, 6.07) is 11.0. The van der Waals surface area contributed by atoms with Crippen LogP contribution in [0.2, 0.25) is 0 Å². The minimum atomic E-state index is 0. The van der Waals surface area contributed by atoms with Gasteiger partial charge in [-0.15, -0.1) is 24.0 Å². The summed E-state index contributed by atoms with van der Waals surface area (Å²) in [7, 11) is 1.94. The third kappa shape index (κ3) is 6.92. The Morgan fingerprint density at radius 1 is 1.26 bits per heavy atom. The number of hydrogen-bond donors (Lipinski definition) is 1. The summed E-state index contributed by atoms with van der Waals surface area (Å²) in [6.45, 7) is 12.4. The van der Waals surface area contributed by atoms with Crippen LogP contribution in [0.3, 0.4) is 0 Å². The maximum Gasteiger partial charge on any atom is 0.194 e. The van der Waals surface area contributed by atoms with E-state index in [1.54, 1.807) is 0 Å². The van der Waals surface area contributed by atoms with Crippen LogP contribution in [0.4, 0.5) is 0 Å². The van der Waals surface area contributed by atoms with Crippen LogP contribution in [0, 0.1) is 0 Å².